The monoisotopic (exact) mass is 250 g/mol. The fourth-order valence-electron chi connectivity index (χ4n) is 2.50. The van der Waals surface area contributed by atoms with Gasteiger partial charge in [0, 0.05) is 30.9 Å². The van der Waals surface area contributed by atoms with Crippen LogP contribution in [0.25, 0.3) is 0 Å². The molecule has 0 spiro atoms. The summed E-state index contributed by atoms with van der Waals surface area (Å²) in [5, 5.41) is 9.87. The van der Waals surface area contributed by atoms with Crippen LogP contribution < -0.4 is 4.90 Å². The molecule has 0 aromatic carbocycles. The first-order chi connectivity index (χ1) is 8.60. The summed E-state index contributed by atoms with van der Waals surface area (Å²) in [6.45, 7) is 3.68. The smallest absolute Gasteiger partial charge is 0.132 e. The molecular formula is C13H22N4O. The van der Waals surface area contributed by atoms with Crippen LogP contribution in [0.4, 0.5) is 5.82 Å². The summed E-state index contributed by atoms with van der Waals surface area (Å²) < 4.78 is 0. The molecule has 0 amide bonds. The molecule has 5 nitrogen and oxygen atoms in total. The maximum atomic E-state index is 9.87. The molecule has 1 N–H and O–H groups in total. The van der Waals surface area contributed by atoms with E-state index < -0.39 is 0 Å². The first-order valence-electron chi connectivity index (χ1n) is 6.50. The fourth-order valence-corrected chi connectivity index (χ4v) is 2.50. The molecule has 1 aromatic heterocycles. The topological polar surface area (TPSA) is 52.5 Å². The third-order valence-electron chi connectivity index (χ3n) is 3.33. The summed E-state index contributed by atoms with van der Waals surface area (Å²) in [6.07, 6.45) is 3.08. The van der Waals surface area contributed by atoms with Crippen LogP contribution in [-0.2, 0) is 6.42 Å². The van der Waals surface area contributed by atoms with Gasteiger partial charge in [0.15, 0.2) is 0 Å². The molecule has 0 radical (unpaired) electrons. The predicted octanol–water partition coefficient (Wildman–Crippen LogP) is 0.540. The van der Waals surface area contributed by atoms with Crippen LogP contribution in [0.3, 0.4) is 0 Å². The molecule has 1 aromatic rings. The van der Waals surface area contributed by atoms with Crippen LogP contribution in [0.5, 0.6) is 0 Å². The van der Waals surface area contributed by atoms with Crippen molar-refractivity contribution < 1.29 is 5.11 Å². The van der Waals surface area contributed by atoms with E-state index in [0.29, 0.717) is 12.6 Å². The molecule has 1 aliphatic heterocycles. The average Bonchev–Trinajstić information content (AvgIpc) is 2.69. The van der Waals surface area contributed by atoms with Gasteiger partial charge in [-0.15, -0.1) is 0 Å². The number of hydrogen-bond donors (Lipinski definition) is 1. The minimum absolute atomic E-state index is 0.255. The van der Waals surface area contributed by atoms with Crippen molar-refractivity contribution in [1.29, 1.82) is 0 Å². The molecule has 5 heteroatoms. The third-order valence-corrected chi connectivity index (χ3v) is 3.33. The number of likely N-dealkylation sites (N-methyl/N-ethyl adjacent to an activating group) is 1. The first-order valence-corrected chi connectivity index (χ1v) is 6.50. The summed E-state index contributed by atoms with van der Waals surface area (Å²) in [5.41, 5.74) is 1.05. The fraction of sp³-hybridized carbons (Fsp3) is 0.692. The molecule has 18 heavy (non-hydrogen) atoms. The summed E-state index contributed by atoms with van der Waals surface area (Å²) in [4.78, 5) is 12.9. The SMILES string of the molecule is CCc1cc(N2CC(O)CC2CN(C)C)ncn1. The molecule has 100 valence electrons. The van der Waals surface area contributed by atoms with E-state index in [9.17, 15) is 5.11 Å². The van der Waals surface area contributed by atoms with E-state index in [1.807, 2.05) is 6.07 Å². The Labute approximate surface area is 108 Å². The lowest BCUT2D eigenvalue weighted by Gasteiger charge is -2.27. The summed E-state index contributed by atoms with van der Waals surface area (Å²) in [6, 6.07) is 2.36. The second-order valence-corrected chi connectivity index (χ2v) is 5.18. The highest BCUT2D eigenvalue weighted by Crippen LogP contribution is 2.24. The Morgan fingerprint density at radius 2 is 2.22 bits per heavy atom. The van der Waals surface area contributed by atoms with Gasteiger partial charge >= 0.3 is 0 Å². The minimum atomic E-state index is -0.255. The van der Waals surface area contributed by atoms with Gasteiger partial charge in [-0.25, -0.2) is 9.97 Å². The molecule has 1 aliphatic rings. The Morgan fingerprint density at radius 3 is 2.89 bits per heavy atom. The van der Waals surface area contributed by atoms with Crippen molar-refractivity contribution in [1.82, 2.24) is 14.9 Å². The van der Waals surface area contributed by atoms with Gasteiger partial charge in [-0.1, -0.05) is 6.92 Å². The van der Waals surface area contributed by atoms with Crippen LogP contribution in [0.15, 0.2) is 12.4 Å². The molecule has 2 heterocycles. The number of aromatic nitrogens is 2. The average molecular weight is 250 g/mol. The summed E-state index contributed by atoms with van der Waals surface area (Å²) >= 11 is 0. The molecule has 0 bridgehead atoms. The normalized spacial score (nSPS) is 23.9. The highest BCUT2D eigenvalue weighted by Gasteiger charge is 2.32. The van der Waals surface area contributed by atoms with Gasteiger partial charge in [-0.2, -0.15) is 0 Å². The quantitative estimate of drug-likeness (QED) is 0.845. The molecule has 2 atom stereocenters. The van der Waals surface area contributed by atoms with Crippen molar-refractivity contribution in [2.75, 3.05) is 32.1 Å². The van der Waals surface area contributed by atoms with Gasteiger partial charge in [0.2, 0.25) is 0 Å². The van der Waals surface area contributed by atoms with Crippen LogP contribution in [0.1, 0.15) is 19.0 Å². The van der Waals surface area contributed by atoms with Crippen molar-refractivity contribution in [2.24, 2.45) is 0 Å². The number of β-amino-alcohol motifs (C(OH)–C–C–N with tert-alkyl or cyclic N) is 1. The highest BCUT2D eigenvalue weighted by atomic mass is 16.3. The van der Waals surface area contributed by atoms with Crippen molar-refractivity contribution in [2.45, 2.75) is 31.9 Å². The van der Waals surface area contributed by atoms with Gasteiger partial charge in [0.05, 0.1) is 6.10 Å². The Balaban J connectivity index is 2.18. The summed E-state index contributed by atoms with van der Waals surface area (Å²) in [7, 11) is 4.11. The van der Waals surface area contributed by atoms with Crippen LogP contribution in [0.2, 0.25) is 0 Å². The maximum absolute atomic E-state index is 9.87. The molecule has 0 aliphatic carbocycles. The van der Waals surface area contributed by atoms with E-state index in [4.69, 9.17) is 0 Å². The number of anilines is 1. The molecule has 1 saturated heterocycles. The van der Waals surface area contributed by atoms with Crippen LogP contribution >= 0.6 is 0 Å². The number of rotatable bonds is 4. The lowest BCUT2D eigenvalue weighted by molar-refractivity contribution is 0.191. The second-order valence-electron chi connectivity index (χ2n) is 5.18. The number of aliphatic hydroxyl groups is 1. The van der Waals surface area contributed by atoms with Crippen LogP contribution in [-0.4, -0.2) is 59.3 Å². The summed E-state index contributed by atoms with van der Waals surface area (Å²) in [5.74, 6) is 0.935. The van der Waals surface area contributed by atoms with Gasteiger partial charge in [0.25, 0.3) is 0 Å². The van der Waals surface area contributed by atoms with E-state index >= 15 is 0 Å². The molecule has 0 saturated carbocycles. The van der Waals surface area contributed by atoms with Crippen molar-refractivity contribution >= 4 is 5.82 Å². The minimum Gasteiger partial charge on any atom is -0.391 e. The van der Waals surface area contributed by atoms with Crippen LogP contribution in [0, 0.1) is 0 Å². The Hall–Kier alpha value is -1.20. The zero-order valence-electron chi connectivity index (χ0n) is 11.4. The first kappa shape index (κ1) is 13.2. The molecular weight excluding hydrogens is 228 g/mol. The van der Waals surface area contributed by atoms with Gasteiger partial charge in [-0.3, -0.25) is 0 Å². The van der Waals surface area contributed by atoms with Gasteiger partial charge < -0.3 is 14.9 Å². The number of aliphatic hydroxyl groups excluding tert-OH is 1. The lowest BCUT2D eigenvalue weighted by Crippen LogP contribution is -2.38. The van der Waals surface area contributed by atoms with Gasteiger partial charge in [-0.05, 0) is 26.9 Å². The Kier molecular flexibility index (Phi) is 4.14. The molecule has 2 unspecified atom stereocenters. The maximum Gasteiger partial charge on any atom is 0.132 e. The Bertz CT molecular complexity index is 396. The van der Waals surface area contributed by atoms with E-state index in [2.05, 4.69) is 40.8 Å². The van der Waals surface area contributed by atoms with Crippen molar-refractivity contribution in [3.8, 4) is 0 Å². The largest absolute Gasteiger partial charge is 0.391 e. The van der Waals surface area contributed by atoms with Gasteiger partial charge in [0.1, 0.15) is 12.1 Å². The predicted molar refractivity (Wildman–Crippen MR) is 71.7 cm³/mol. The number of aryl methyl sites for hydroxylation is 1. The number of hydrogen-bond acceptors (Lipinski definition) is 5. The van der Waals surface area contributed by atoms with Crippen molar-refractivity contribution in [3.63, 3.8) is 0 Å². The Morgan fingerprint density at radius 1 is 1.44 bits per heavy atom. The highest BCUT2D eigenvalue weighted by molar-refractivity contribution is 5.42. The van der Waals surface area contributed by atoms with E-state index in [1.54, 1.807) is 6.33 Å². The third kappa shape index (κ3) is 2.97. The standard InChI is InChI=1S/C13H22N4O/c1-4-10-5-13(15-9-14-10)17-8-12(18)6-11(17)7-16(2)3/h5,9,11-12,18H,4,6-8H2,1-3H3. The van der Waals surface area contributed by atoms with E-state index in [1.165, 1.54) is 0 Å². The lowest BCUT2D eigenvalue weighted by atomic mass is 10.2. The molecule has 2 rings (SSSR count). The van der Waals surface area contributed by atoms with E-state index in [-0.39, 0.29) is 6.10 Å². The van der Waals surface area contributed by atoms with Crippen molar-refractivity contribution in [3.05, 3.63) is 18.1 Å². The second kappa shape index (κ2) is 5.63. The zero-order chi connectivity index (χ0) is 13.1. The number of nitrogens with zero attached hydrogens (tertiary/aromatic N) is 4. The zero-order valence-corrected chi connectivity index (χ0v) is 11.4. The molecule has 1 fully saturated rings. The van der Waals surface area contributed by atoms with E-state index in [0.717, 1.165) is 30.9 Å².